The van der Waals surface area contributed by atoms with Crippen LogP contribution >= 0.6 is 0 Å². The van der Waals surface area contributed by atoms with E-state index in [2.05, 4.69) is 80.9 Å². The van der Waals surface area contributed by atoms with Gasteiger partial charge in [0.25, 0.3) is 0 Å². The predicted molar refractivity (Wildman–Crippen MR) is 166 cm³/mol. The lowest BCUT2D eigenvalue weighted by atomic mass is 9.99. The van der Waals surface area contributed by atoms with Gasteiger partial charge in [-0.05, 0) is 64.6 Å². The minimum Gasteiger partial charge on any atom is -0.337 e. The first-order valence-electron chi connectivity index (χ1n) is 14.1. The zero-order valence-electron chi connectivity index (χ0n) is 23.2. The van der Waals surface area contributed by atoms with E-state index in [9.17, 15) is 4.39 Å². The Labute approximate surface area is 242 Å². The Bertz CT molecular complexity index is 2010. The van der Waals surface area contributed by atoms with E-state index < -0.39 is 0 Å². The summed E-state index contributed by atoms with van der Waals surface area (Å²) in [6.07, 6.45) is 2.83. The minimum absolute atomic E-state index is 0.263. The summed E-state index contributed by atoms with van der Waals surface area (Å²) in [5, 5.41) is 12.1. The molecule has 0 amide bonds. The van der Waals surface area contributed by atoms with Crippen molar-refractivity contribution in [2.45, 2.75) is 26.4 Å². The van der Waals surface area contributed by atoms with E-state index in [0.29, 0.717) is 11.5 Å². The highest BCUT2D eigenvalue weighted by molar-refractivity contribution is 5.97. The van der Waals surface area contributed by atoms with Crippen LogP contribution in [0.1, 0.15) is 23.6 Å². The van der Waals surface area contributed by atoms with E-state index in [-0.39, 0.29) is 5.82 Å². The van der Waals surface area contributed by atoms with Crippen LogP contribution in [-0.2, 0) is 19.5 Å². The summed E-state index contributed by atoms with van der Waals surface area (Å²) in [7, 11) is 0. The Morgan fingerprint density at radius 2 is 1.57 bits per heavy atom. The molecule has 206 valence electrons. The van der Waals surface area contributed by atoms with Crippen molar-refractivity contribution in [1.29, 1.82) is 0 Å². The number of halogens is 1. The number of H-pyrrole nitrogens is 2. The van der Waals surface area contributed by atoms with Crippen LogP contribution in [0.5, 0.6) is 0 Å². The smallest absolute Gasteiger partial charge is 0.181 e. The normalized spacial score (nSPS) is 11.5. The van der Waals surface area contributed by atoms with E-state index in [1.54, 1.807) is 12.1 Å². The van der Waals surface area contributed by atoms with E-state index in [0.717, 1.165) is 63.9 Å². The molecule has 0 atom stereocenters. The molecule has 3 N–H and O–H groups in total. The number of aromatic amines is 2. The third kappa shape index (κ3) is 5.06. The average molecular weight is 553 g/mol. The first-order chi connectivity index (χ1) is 20.6. The fourth-order valence-corrected chi connectivity index (χ4v) is 5.43. The minimum atomic E-state index is -0.263. The summed E-state index contributed by atoms with van der Waals surface area (Å²) < 4.78 is 13.6. The van der Waals surface area contributed by atoms with Crippen molar-refractivity contribution in [1.82, 2.24) is 30.5 Å². The van der Waals surface area contributed by atoms with Crippen LogP contribution in [0.15, 0.2) is 103 Å². The maximum atomic E-state index is 13.6. The number of pyridine rings is 1. The summed E-state index contributed by atoms with van der Waals surface area (Å²) in [5.74, 6) is 0.412. The monoisotopic (exact) mass is 552 g/mol. The van der Waals surface area contributed by atoms with Crippen molar-refractivity contribution in [2.24, 2.45) is 0 Å². The second kappa shape index (κ2) is 11.0. The topological polar surface area (TPSA) is 82.3 Å². The Morgan fingerprint density at radius 1 is 0.762 bits per heavy atom. The number of aromatic nitrogens is 5. The molecule has 42 heavy (non-hydrogen) atoms. The molecule has 7 rings (SSSR count). The lowest BCUT2D eigenvalue weighted by Gasteiger charge is -2.11. The number of hydrogen-bond donors (Lipinski definition) is 3. The van der Waals surface area contributed by atoms with E-state index in [4.69, 9.17) is 4.98 Å². The van der Waals surface area contributed by atoms with Crippen LogP contribution in [0.3, 0.4) is 0 Å². The summed E-state index contributed by atoms with van der Waals surface area (Å²) >= 11 is 0. The molecular weight excluding hydrogens is 523 g/mol. The molecule has 6 nitrogen and oxygen atoms in total. The lowest BCUT2D eigenvalue weighted by Crippen LogP contribution is -2.12. The van der Waals surface area contributed by atoms with E-state index in [1.165, 1.54) is 28.8 Å². The van der Waals surface area contributed by atoms with Gasteiger partial charge in [-0.1, -0.05) is 73.7 Å². The quantitative estimate of drug-likeness (QED) is 0.179. The predicted octanol–water partition coefficient (Wildman–Crippen LogP) is 7.83. The highest BCUT2D eigenvalue weighted by Crippen LogP contribution is 2.33. The van der Waals surface area contributed by atoms with Gasteiger partial charge >= 0.3 is 0 Å². The number of imidazole rings is 1. The Morgan fingerprint density at radius 3 is 2.40 bits per heavy atom. The molecule has 4 aromatic carbocycles. The molecule has 0 fully saturated rings. The van der Waals surface area contributed by atoms with Crippen molar-refractivity contribution >= 4 is 22.1 Å². The molecule has 0 saturated carbocycles. The number of fused-ring (bicyclic) bond motifs is 2. The number of hydrogen-bond acceptors (Lipinski definition) is 4. The first kappa shape index (κ1) is 25.8. The number of nitrogens with zero attached hydrogens (tertiary/aromatic N) is 3. The Balaban J connectivity index is 1.23. The number of aryl methyl sites for hydroxylation is 1. The fraction of sp³-hybridized carbons (Fsp3) is 0.114. The summed E-state index contributed by atoms with van der Waals surface area (Å²) in [6.45, 7) is 3.77. The molecule has 0 bridgehead atoms. The average Bonchev–Trinajstić information content (AvgIpc) is 3.66. The number of rotatable bonds is 8. The van der Waals surface area contributed by atoms with Gasteiger partial charge in [-0.3, -0.25) is 5.10 Å². The lowest BCUT2D eigenvalue weighted by molar-refractivity contribution is 0.628. The maximum absolute atomic E-state index is 13.6. The van der Waals surface area contributed by atoms with Crippen molar-refractivity contribution in [3.05, 3.63) is 126 Å². The van der Waals surface area contributed by atoms with Gasteiger partial charge < -0.3 is 10.3 Å². The van der Waals surface area contributed by atoms with Crippen molar-refractivity contribution in [2.75, 3.05) is 0 Å². The van der Waals surface area contributed by atoms with Crippen molar-refractivity contribution < 1.29 is 4.39 Å². The molecular formula is C35H29FN6. The van der Waals surface area contributed by atoms with Crippen LogP contribution in [0.4, 0.5) is 4.39 Å². The molecule has 3 heterocycles. The summed E-state index contributed by atoms with van der Waals surface area (Å²) in [4.78, 5) is 13.1. The van der Waals surface area contributed by atoms with Crippen molar-refractivity contribution in [3.8, 4) is 33.8 Å². The number of benzene rings is 4. The largest absolute Gasteiger partial charge is 0.337 e. The molecule has 3 aromatic heterocycles. The van der Waals surface area contributed by atoms with Gasteiger partial charge in [0.1, 0.15) is 11.5 Å². The molecule has 7 aromatic rings. The van der Waals surface area contributed by atoms with E-state index >= 15 is 0 Å². The highest BCUT2D eigenvalue weighted by Gasteiger charge is 2.16. The third-order valence-electron chi connectivity index (χ3n) is 7.61. The van der Waals surface area contributed by atoms with Gasteiger partial charge in [-0.25, -0.2) is 14.4 Å². The van der Waals surface area contributed by atoms with Crippen LogP contribution in [-0.4, -0.2) is 25.1 Å². The van der Waals surface area contributed by atoms with E-state index in [1.807, 2.05) is 30.5 Å². The zero-order chi connectivity index (χ0) is 28.5. The third-order valence-corrected chi connectivity index (χ3v) is 7.61. The maximum Gasteiger partial charge on any atom is 0.181 e. The summed E-state index contributed by atoms with van der Waals surface area (Å²) in [6, 6.07) is 31.7. The van der Waals surface area contributed by atoms with Crippen molar-refractivity contribution in [3.63, 3.8) is 0 Å². The van der Waals surface area contributed by atoms with Gasteiger partial charge in [0.15, 0.2) is 11.5 Å². The molecule has 0 aliphatic carbocycles. The van der Waals surface area contributed by atoms with Crippen LogP contribution in [0, 0.1) is 5.82 Å². The second-order valence-corrected chi connectivity index (χ2v) is 10.5. The second-order valence-electron chi connectivity index (χ2n) is 10.5. The molecule has 7 heteroatoms. The molecule has 0 saturated heterocycles. The van der Waals surface area contributed by atoms with Gasteiger partial charge in [0.2, 0.25) is 0 Å². The molecule has 0 aliphatic rings. The Kier molecular flexibility index (Phi) is 6.78. The number of nitrogens with one attached hydrogen (secondary N) is 3. The Hall–Kier alpha value is -5.14. The van der Waals surface area contributed by atoms with Gasteiger partial charge in [0, 0.05) is 30.4 Å². The van der Waals surface area contributed by atoms with Crippen LogP contribution in [0.25, 0.3) is 55.8 Å². The number of para-hydroxylation sites is 1. The van der Waals surface area contributed by atoms with Gasteiger partial charge in [-0.2, -0.15) is 5.10 Å². The van der Waals surface area contributed by atoms with Gasteiger partial charge in [-0.15, -0.1) is 0 Å². The first-order valence-corrected chi connectivity index (χ1v) is 14.1. The summed E-state index contributed by atoms with van der Waals surface area (Å²) in [5.41, 5.74) is 10.9. The molecule has 0 spiro atoms. The van der Waals surface area contributed by atoms with Crippen LogP contribution in [0.2, 0.25) is 0 Å². The standard InChI is InChI=1S/C35H29FN6/c1-2-22-15-24(20-37-19-23-7-4-3-5-8-23)17-26(16-22)27-18-30-33(41-42-34(30)38-21-27)35-39-31-10-6-9-29(32(31)40-35)25-11-13-28(36)14-12-25/h3-18,21,37H,2,19-20H2,1H3,(H,39,40)(H,38,41,42). The zero-order valence-corrected chi connectivity index (χ0v) is 23.2. The molecule has 0 aliphatic heterocycles. The van der Waals surface area contributed by atoms with Crippen LogP contribution < -0.4 is 5.32 Å². The van der Waals surface area contributed by atoms with Gasteiger partial charge in [0.05, 0.1) is 16.4 Å². The molecule has 0 radical (unpaired) electrons. The highest BCUT2D eigenvalue weighted by atomic mass is 19.1. The fourth-order valence-electron chi connectivity index (χ4n) is 5.43. The SMILES string of the molecule is CCc1cc(CNCc2ccccc2)cc(-c2cnc3n[nH]c(-c4nc5c(-c6ccc(F)cc6)cccc5[nH]4)c3c2)c1. The molecule has 0 unspecified atom stereocenters.